The summed E-state index contributed by atoms with van der Waals surface area (Å²) in [5.74, 6) is 0.916. The van der Waals surface area contributed by atoms with Crippen molar-refractivity contribution in [3.63, 3.8) is 0 Å². The molecule has 2 aliphatic rings. The Balaban J connectivity index is 1.36. The predicted molar refractivity (Wildman–Crippen MR) is 200 cm³/mol. The molecule has 0 spiro atoms. The first kappa shape index (κ1) is 27.3. The molecule has 6 aromatic carbocycles. The molecule has 0 fully saturated rings. The lowest BCUT2D eigenvalue weighted by molar-refractivity contribution is 0.736. The molecule has 0 amide bonds. The fourth-order valence-electron chi connectivity index (χ4n) is 8.77. The molecule has 50 heavy (non-hydrogen) atoms. The van der Waals surface area contributed by atoms with Crippen LogP contribution in [-0.4, -0.2) is 19.5 Å². The van der Waals surface area contributed by atoms with Crippen LogP contribution in [0.2, 0.25) is 0 Å². The summed E-state index contributed by atoms with van der Waals surface area (Å²) in [7, 11) is 0. The number of benzene rings is 6. The average molecular weight is 638 g/mol. The highest BCUT2D eigenvalue weighted by molar-refractivity contribution is 6.22. The molecule has 232 valence electrons. The number of hydrogen-bond acceptors (Lipinski definition) is 4. The summed E-state index contributed by atoms with van der Waals surface area (Å²) in [6.45, 7) is 0. The van der Waals surface area contributed by atoms with Gasteiger partial charge in [-0.25, -0.2) is 9.97 Å². The van der Waals surface area contributed by atoms with Crippen molar-refractivity contribution in [1.29, 1.82) is 5.26 Å². The van der Waals surface area contributed by atoms with Gasteiger partial charge >= 0.3 is 0 Å². The average Bonchev–Trinajstić information content (AvgIpc) is 3.29. The number of aromatic nitrogens is 4. The molecule has 3 aromatic heterocycles. The Morgan fingerprint density at radius 2 is 1.44 bits per heavy atom. The van der Waals surface area contributed by atoms with Crippen LogP contribution in [0.4, 0.5) is 0 Å². The van der Waals surface area contributed by atoms with Crippen LogP contribution in [0.25, 0.3) is 83.1 Å². The highest BCUT2D eigenvalue weighted by atomic mass is 15.2. The summed E-state index contributed by atoms with van der Waals surface area (Å²) in [5.41, 5.74) is 15.4. The van der Waals surface area contributed by atoms with Gasteiger partial charge in [-0.2, -0.15) is 5.26 Å². The first-order valence-corrected chi connectivity index (χ1v) is 17.1. The van der Waals surface area contributed by atoms with Crippen LogP contribution in [0.15, 0.2) is 134 Å². The molecular formula is C45H27N5. The van der Waals surface area contributed by atoms with Gasteiger partial charge in [0.2, 0.25) is 5.95 Å². The topological polar surface area (TPSA) is 67.4 Å². The highest BCUT2D eigenvalue weighted by Gasteiger charge is 2.34. The Labute approximate surface area is 287 Å². The van der Waals surface area contributed by atoms with Crippen molar-refractivity contribution in [3.8, 4) is 45.5 Å². The zero-order valence-corrected chi connectivity index (χ0v) is 26.9. The fourth-order valence-corrected chi connectivity index (χ4v) is 8.77. The molecular weight excluding hydrogens is 611 g/mol. The van der Waals surface area contributed by atoms with Gasteiger partial charge < -0.3 is 0 Å². The van der Waals surface area contributed by atoms with E-state index in [1.165, 1.54) is 55.1 Å². The van der Waals surface area contributed by atoms with Crippen LogP contribution in [-0.2, 0) is 6.42 Å². The van der Waals surface area contributed by atoms with Gasteiger partial charge in [0.05, 0.1) is 28.2 Å². The zero-order valence-electron chi connectivity index (χ0n) is 26.9. The van der Waals surface area contributed by atoms with E-state index in [0.29, 0.717) is 17.4 Å². The van der Waals surface area contributed by atoms with Gasteiger partial charge in [0.25, 0.3) is 0 Å². The van der Waals surface area contributed by atoms with Crippen LogP contribution in [0.1, 0.15) is 34.6 Å². The molecule has 3 heterocycles. The predicted octanol–water partition coefficient (Wildman–Crippen LogP) is 10.5. The Morgan fingerprint density at radius 3 is 2.30 bits per heavy atom. The molecule has 0 radical (unpaired) electrons. The summed E-state index contributed by atoms with van der Waals surface area (Å²) < 4.78 is 2.33. The number of nitriles is 1. The lowest BCUT2D eigenvalue weighted by Gasteiger charge is -2.24. The van der Waals surface area contributed by atoms with Crippen LogP contribution < -0.4 is 0 Å². The number of pyridine rings is 1. The first-order valence-electron chi connectivity index (χ1n) is 17.1. The second-order valence-electron chi connectivity index (χ2n) is 13.4. The summed E-state index contributed by atoms with van der Waals surface area (Å²) in [5, 5.41) is 14.2. The maximum atomic E-state index is 9.52. The lowest BCUT2D eigenvalue weighted by atomic mass is 9.80. The van der Waals surface area contributed by atoms with E-state index in [2.05, 4.69) is 102 Å². The molecule has 0 saturated heterocycles. The van der Waals surface area contributed by atoms with Gasteiger partial charge in [0.1, 0.15) is 11.2 Å². The quantitative estimate of drug-likeness (QED) is 0.189. The first-order chi connectivity index (χ1) is 24.8. The number of rotatable bonds is 2. The van der Waals surface area contributed by atoms with E-state index in [9.17, 15) is 5.26 Å². The molecule has 1 unspecified atom stereocenters. The van der Waals surface area contributed by atoms with Gasteiger partial charge in [-0.15, -0.1) is 0 Å². The third-order valence-electron chi connectivity index (χ3n) is 10.9. The van der Waals surface area contributed by atoms with Crippen LogP contribution in [0.3, 0.4) is 0 Å². The molecule has 0 aliphatic heterocycles. The standard InChI is InChI=1S/C45H27N5/c46-25-26-15-17-28(18-16-26)41-42-39(14-7-23-47-42)48-45(49-41)50-43-29-9-2-1-8-27(29)19-20-36(43)38-24-37-32-12-4-3-10-30(32)33-21-22-35(37)40(44(38)50)34-13-6-5-11-31(33)34/h1-20,23-24,33H,21-22H2. The summed E-state index contributed by atoms with van der Waals surface area (Å²) >= 11 is 0. The Kier molecular flexibility index (Phi) is 5.56. The summed E-state index contributed by atoms with van der Waals surface area (Å²) in [6.07, 6.45) is 3.83. The van der Waals surface area contributed by atoms with Crippen molar-refractivity contribution in [3.05, 3.63) is 156 Å². The van der Waals surface area contributed by atoms with Crippen molar-refractivity contribution in [2.45, 2.75) is 18.8 Å². The Morgan fingerprint density at radius 1 is 0.660 bits per heavy atom. The molecule has 11 rings (SSSR count). The van der Waals surface area contributed by atoms with Gasteiger partial charge in [-0.05, 0) is 81.9 Å². The molecule has 5 heteroatoms. The monoisotopic (exact) mass is 637 g/mol. The van der Waals surface area contributed by atoms with Crippen molar-refractivity contribution in [2.75, 3.05) is 0 Å². The molecule has 0 N–H and O–H groups in total. The minimum absolute atomic E-state index is 0.312. The lowest BCUT2D eigenvalue weighted by Crippen LogP contribution is -2.07. The van der Waals surface area contributed by atoms with E-state index in [-0.39, 0.29) is 0 Å². The third-order valence-corrected chi connectivity index (χ3v) is 10.9. The highest BCUT2D eigenvalue weighted by Crippen LogP contribution is 2.54. The third kappa shape index (κ3) is 3.68. The fraction of sp³-hybridized carbons (Fsp3) is 0.0667. The number of fused-ring (bicyclic) bond motifs is 15. The van der Waals surface area contributed by atoms with Gasteiger partial charge in [0.15, 0.2) is 0 Å². The second kappa shape index (κ2) is 10.2. The van der Waals surface area contributed by atoms with Gasteiger partial charge in [0, 0.05) is 39.4 Å². The molecule has 9 aromatic rings. The Bertz CT molecular complexity index is 2950. The number of hydrogen-bond donors (Lipinski definition) is 0. The molecule has 2 bridgehead atoms. The van der Waals surface area contributed by atoms with Crippen LogP contribution in [0.5, 0.6) is 0 Å². The van der Waals surface area contributed by atoms with E-state index in [1.807, 2.05) is 36.4 Å². The molecule has 1 atom stereocenters. The molecule has 2 aliphatic carbocycles. The van der Waals surface area contributed by atoms with Crippen molar-refractivity contribution >= 4 is 43.6 Å². The maximum absolute atomic E-state index is 9.52. The van der Waals surface area contributed by atoms with E-state index < -0.39 is 0 Å². The molecule has 0 saturated carbocycles. The van der Waals surface area contributed by atoms with Gasteiger partial charge in [-0.1, -0.05) is 97.1 Å². The summed E-state index contributed by atoms with van der Waals surface area (Å²) in [6, 6.07) is 47.4. The van der Waals surface area contributed by atoms with Crippen molar-refractivity contribution in [2.24, 2.45) is 0 Å². The smallest absolute Gasteiger partial charge is 0.235 e. The van der Waals surface area contributed by atoms with Gasteiger partial charge in [-0.3, -0.25) is 9.55 Å². The minimum Gasteiger partial charge on any atom is -0.277 e. The van der Waals surface area contributed by atoms with E-state index in [4.69, 9.17) is 15.0 Å². The Hall–Kier alpha value is -6.64. The maximum Gasteiger partial charge on any atom is 0.235 e. The largest absolute Gasteiger partial charge is 0.277 e. The normalized spacial score (nSPS) is 14.4. The van der Waals surface area contributed by atoms with Crippen LogP contribution >= 0.6 is 0 Å². The second-order valence-corrected chi connectivity index (χ2v) is 13.4. The number of nitrogens with zero attached hydrogens (tertiary/aromatic N) is 5. The van der Waals surface area contributed by atoms with Crippen molar-refractivity contribution < 1.29 is 0 Å². The van der Waals surface area contributed by atoms with E-state index in [0.717, 1.165) is 51.6 Å². The zero-order chi connectivity index (χ0) is 32.9. The van der Waals surface area contributed by atoms with Crippen LogP contribution in [0, 0.1) is 11.3 Å². The van der Waals surface area contributed by atoms with Crippen molar-refractivity contribution in [1.82, 2.24) is 19.5 Å². The minimum atomic E-state index is 0.312. The SMILES string of the molecule is N#Cc1ccc(-c2nc(-n3c4c5c6c(cc4c4ccc7ccccc7c43)-c3ccccc3C(CC6)c3ccccc3-5)nc3cccnc23)cc1. The van der Waals surface area contributed by atoms with E-state index >= 15 is 0 Å². The van der Waals surface area contributed by atoms with E-state index in [1.54, 1.807) is 6.20 Å². The molecule has 5 nitrogen and oxygen atoms in total. The summed E-state index contributed by atoms with van der Waals surface area (Å²) in [4.78, 5) is 15.5.